The van der Waals surface area contributed by atoms with Crippen LogP contribution >= 0.6 is 0 Å². The molecule has 0 aliphatic carbocycles. The summed E-state index contributed by atoms with van der Waals surface area (Å²) in [4.78, 5) is 24.1. The lowest BCUT2D eigenvalue weighted by Gasteiger charge is -2.06. The van der Waals surface area contributed by atoms with Crippen LogP contribution in [0.15, 0.2) is 30.7 Å². The van der Waals surface area contributed by atoms with Crippen LogP contribution in [0.4, 0.5) is 11.6 Å². The van der Waals surface area contributed by atoms with E-state index < -0.39 is 0 Å². The highest BCUT2D eigenvalue weighted by molar-refractivity contribution is 6.04. The topological polar surface area (TPSA) is 79.8 Å². The maximum atomic E-state index is 12.0. The van der Waals surface area contributed by atoms with Crippen LogP contribution < -0.4 is 10.6 Å². The van der Waals surface area contributed by atoms with Crippen molar-refractivity contribution >= 4 is 17.5 Å². The predicted molar refractivity (Wildman–Crippen MR) is 68.5 cm³/mol. The Morgan fingerprint density at radius 3 is 2.72 bits per heavy atom. The lowest BCUT2D eigenvalue weighted by atomic mass is 10.2. The fraction of sp³-hybridized carbons (Fsp3) is 0.167. The minimum Gasteiger partial charge on any atom is -0.373 e. The van der Waals surface area contributed by atoms with Gasteiger partial charge >= 0.3 is 0 Å². The summed E-state index contributed by atoms with van der Waals surface area (Å²) in [5, 5.41) is 5.58. The number of amides is 1. The van der Waals surface area contributed by atoms with Crippen LogP contribution in [0.2, 0.25) is 0 Å². The average Bonchev–Trinajstić information content (AvgIpc) is 2.39. The van der Waals surface area contributed by atoms with E-state index in [0.717, 1.165) is 5.69 Å². The van der Waals surface area contributed by atoms with Crippen LogP contribution in [-0.4, -0.2) is 27.9 Å². The summed E-state index contributed by atoms with van der Waals surface area (Å²) in [6.07, 6.45) is 4.56. The van der Waals surface area contributed by atoms with Gasteiger partial charge in [-0.15, -0.1) is 0 Å². The van der Waals surface area contributed by atoms with Crippen LogP contribution in [0.5, 0.6) is 0 Å². The molecule has 0 atom stereocenters. The molecule has 6 nitrogen and oxygen atoms in total. The van der Waals surface area contributed by atoms with E-state index in [-0.39, 0.29) is 5.91 Å². The van der Waals surface area contributed by atoms with Gasteiger partial charge in [0.1, 0.15) is 5.82 Å². The molecule has 18 heavy (non-hydrogen) atoms. The van der Waals surface area contributed by atoms with Crippen LogP contribution in [0, 0.1) is 6.92 Å². The summed E-state index contributed by atoms with van der Waals surface area (Å²) in [6.45, 7) is 1.83. The number of rotatable bonds is 3. The van der Waals surface area contributed by atoms with Gasteiger partial charge in [0.05, 0.1) is 6.20 Å². The highest BCUT2D eigenvalue weighted by atomic mass is 16.1. The molecule has 0 spiro atoms. The zero-order chi connectivity index (χ0) is 13.0. The molecule has 2 heterocycles. The third-order valence-corrected chi connectivity index (χ3v) is 2.28. The normalized spacial score (nSPS) is 9.89. The van der Waals surface area contributed by atoms with E-state index in [1.165, 1.54) is 12.4 Å². The quantitative estimate of drug-likeness (QED) is 0.853. The summed E-state index contributed by atoms with van der Waals surface area (Å²) < 4.78 is 0. The van der Waals surface area contributed by atoms with Gasteiger partial charge in [0.15, 0.2) is 5.82 Å². The van der Waals surface area contributed by atoms with Crippen molar-refractivity contribution in [3.8, 4) is 0 Å². The number of pyridine rings is 1. The Balaban J connectivity index is 2.21. The van der Waals surface area contributed by atoms with Crippen molar-refractivity contribution in [3.63, 3.8) is 0 Å². The molecule has 0 radical (unpaired) electrons. The van der Waals surface area contributed by atoms with Gasteiger partial charge in [-0.25, -0.2) is 9.97 Å². The van der Waals surface area contributed by atoms with Crippen molar-refractivity contribution in [2.75, 3.05) is 17.7 Å². The lowest BCUT2D eigenvalue weighted by Crippen LogP contribution is -2.14. The predicted octanol–water partition coefficient (Wildman–Crippen LogP) is 1.47. The lowest BCUT2D eigenvalue weighted by molar-refractivity contribution is 0.102. The average molecular weight is 243 g/mol. The van der Waals surface area contributed by atoms with E-state index in [1.54, 1.807) is 25.4 Å². The third kappa shape index (κ3) is 2.79. The zero-order valence-electron chi connectivity index (χ0n) is 10.1. The monoisotopic (exact) mass is 243 g/mol. The molecule has 0 saturated heterocycles. The van der Waals surface area contributed by atoms with E-state index in [1.807, 2.05) is 6.92 Å². The molecule has 1 amide bonds. The Morgan fingerprint density at radius 2 is 2.06 bits per heavy atom. The van der Waals surface area contributed by atoms with Gasteiger partial charge in [0.25, 0.3) is 5.91 Å². The van der Waals surface area contributed by atoms with E-state index in [4.69, 9.17) is 0 Å². The highest BCUT2D eigenvalue weighted by Gasteiger charge is 2.09. The number of hydrogen-bond acceptors (Lipinski definition) is 5. The molecule has 2 N–H and O–H groups in total. The minimum atomic E-state index is -0.238. The van der Waals surface area contributed by atoms with Gasteiger partial charge in [-0.2, -0.15) is 0 Å². The number of aromatic nitrogens is 3. The van der Waals surface area contributed by atoms with Crippen LogP contribution in [-0.2, 0) is 0 Å². The first kappa shape index (κ1) is 12.0. The first-order chi connectivity index (χ1) is 8.69. The number of anilines is 2. The second kappa shape index (κ2) is 5.22. The summed E-state index contributed by atoms with van der Waals surface area (Å²) >= 11 is 0. The Morgan fingerprint density at radius 1 is 1.22 bits per heavy atom. The zero-order valence-corrected chi connectivity index (χ0v) is 10.1. The van der Waals surface area contributed by atoms with Crippen LogP contribution in [0.25, 0.3) is 0 Å². The number of carbonyl (C=O) groups excluding carboxylic acids is 1. The molecule has 0 aliphatic rings. The SMILES string of the molecule is CNc1cc(C(=O)Nc2cnccn2)cc(C)n1. The fourth-order valence-electron chi connectivity index (χ4n) is 1.48. The molecule has 0 bridgehead atoms. The van der Waals surface area contributed by atoms with Gasteiger partial charge in [0, 0.05) is 30.7 Å². The Bertz CT molecular complexity index is 556. The van der Waals surface area contributed by atoms with Gasteiger partial charge in [-0.1, -0.05) is 0 Å². The number of aryl methyl sites for hydroxylation is 1. The largest absolute Gasteiger partial charge is 0.373 e. The van der Waals surface area contributed by atoms with E-state index in [2.05, 4.69) is 25.6 Å². The van der Waals surface area contributed by atoms with Crippen LogP contribution in [0.3, 0.4) is 0 Å². The molecule has 0 aliphatic heterocycles. The van der Waals surface area contributed by atoms with Gasteiger partial charge < -0.3 is 10.6 Å². The van der Waals surface area contributed by atoms with Gasteiger partial charge in [0.2, 0.25) is 0 Å². The molecule has 0 fully saturated rings. The summed E-state index contributed by atoms with van der Waals surface area (Å²) in [7, 11) is 1.76. The first-order valence-corrected chi connectivity index (χ1v) is 5.43. The molecule has 92 valence electrons. The molecule has 2 aromatic heterocycles. The van der Waals surface area contributed by atoms with Crippen molar-refractivity contribution in [3.05, 3.63) is 42.0 Å². The molecule has 2 rings (SSSR count). The van der Waals surface area contributed by atoms with E-state index in [9.17, 15) is 4.79 Å². The smallest absolute Gasteiger partial charge is 0.257 e. The number of hydrogen-bond donors (Lipinski definition) is 2. The summed E-state index contributed by atoms with van der Waals surface area (Å²) in [5.41, 5.74) is 1.30. The van der Waals surface area contributed by atoms with Gasteiger partial charge in [-0.3, -0.25) is 9.78 Å². The fourth-order valence-corrected chi connectivity index (χ4v) is 1.48. The summed E-state index contributed by atoms with van der Waals surface area (Å²) in [5.74, 6) is 0.833. The third-order valence-electron chi connectivity index (χ3n) is 2.28. The number of nitrogens with zero attached hydrogens (tertiary/aromatic N) is 3. The molecular formula is C12H13N5O. The first-order valence-electron chi connectivity index (χ1n) is 5.43. The number of carbonyl (C=O) groups is 1. The van der Waals surface area contributed by atoms with Crippen molar-refractivity contribution in [1.29, 1.82) is 0 Å². The van der Waals surface area contributed by atoms with Crippen molar-refractivity contribution in [2.24, 2.45) is 0 Å². The molecule has 0 unspecified atom stereocenters. The molecule has 0 saturated carbocycles. The van der Waals surface area contributed by atoms with Crippen molar-refractivity contribution in [2.45, 2.75) is 6.92 Å². The molecule has 0 aromatic carbocycles. The van der Waals surface area contributed by atoms with E-state index >= 15 is 0 Å². The van der Waals surface area contributed by atoms with E-state index in [0.29, 0.717) is 17.2 Å². The second-order valence-corrected chi connectivity index (χ2v) is 3.68. The molecule has 2 aromatic rings. The maximum absolute atomic E-state index is 12.0. The van der Waals surface area contributed by atoms with Crippen LogP contribution in [0.1, 0.15) is 16.1 Å². The van der Waals surface area contributed by atoms with Crippen molar-refractivity contribution < 1.29 is 4.79 Å². The Labute approximate surface area is 105 Å². The molecular weight excluding hydrogens is 230 g/mol. The van der Waals surface area contributed by atoms with Crippen molar-refractivity contribution in [1.82, 2.24) is 15.0 Å². The minimum absolute atomic E-state index is 0.238. The maximum Gasteiger partial charge on any atom is 0.257 e. The highest BCUT2D eigenvalue weighted by Crippen LogP contribution is 2.11. The van der Waals surface area contributed by atoms with Gasteiger partial charge in [-0.05, 0) is 19.1 Å². The molecule has 6 heteroatoms. The standard InChI is InChI=1S/C12H13N5O/c1-8-5-9(6-10(13-2)16-8)12(18)17-11-7-14-3-4-15-11/h3-7H,1-2H3,(H,13,16)(H,15,17,18). The Kier molecular flexibility index (Phi) is 3.47. The summed E-state index contributed by atoms with van der Waals surface area (Å²) in [6, 6.07) is 3.39. The Hall–Kier alpha value is -2.50. The second-order valence-electron chi connectivity index (χ2n) is 3.68. The number of nitrogens with one attached hydrogen (secondary N) is 2.